The molecule has 0 aromatic heterocycles. The number of amides is 1. The number of hydrogen-bond acceptors (Lipinski definition) is 4. The van der Waals surface area contributed by atoms with Crippen LogP contribution in [0.1, 0.15) is 13.8 Å². The second kappa shape index (κ2) is 4.41. The van der Waals surface area contributed by atoms with Crippen molar-refractivity contribution in [2.75, 3.05) is 20.2 Å². The Morgan fingerprint density at radius 2 is 1.79 bits per heavy atom. The Balaban J connectivity index is 2.59. The van der Waals surface area contributed by atoms with Crippen molar-refractivity contribution in [2.24, 2.45) is 0 Å². The van der Waals surface area contributed by atoms with E-state index in [2.05, 4.69) is 4.74 Å². The molecule has 1 heterocycles. The van der Waals surface area contributed by atoms with Gasteiger partial charge >= 0.3 is 11.9 Å². The molecule has 0 aliphatic carbocycles. The number of carbonyl (C=O) groups excluding carboxylic acids is 2. The van der Waals surface area contributed by atoms with Crippen LogP contribution in [0.3, 0.4) is 0 Å². The molecule has 5 heteroatoms. The lowest BCUT2D eigenvalue weighted by molar-refractivity contribution is -0.163. The van der Waals surface area contributed by atoms with Gasteiger partial charge in [0.05, 0.1) is 19.3 Å². The van der Waals surface area contributed by atoms with Crippen LogP contribution < -0.4 is 0 Å². The van der Waals surface area contributed by atoms with Crippen molar-refractivity contribution in [3.05, 3.63) is 0 Å². The van der Waals surface area contributed by atoms with Crippen molar-refractivity contribution in [1.29, 1.82) is 0 Å². The molecule has 0 radical (unpaired) electrons. The summed E-state index contributed by atoms with van der Waals surface area (Å²) in [5.74, 6) is -1.40. The fraction of sp³-hybridized carbons (Fsp3) is 0.778. The van der Waals surface area contributed by atoms with Gasteiger partial charge < -0.3 is 14.4 Å². The second-order valence-corrected chi connectivity index (χ2v) is 3.46. The van der Waals surface area contributed by atoms with Crippen molar-refractivity contribution in [3.63, 3.8) is 0 Å². The first-order valence-corrected chi connectivity index (χ1v) is 4.57. The average Bonchev–Trinajstić information content (AvgIpc) is 2.14. The highest BCUT2D eigenvalue weighted by molar-refractivity contribution is 6.32. The van der Waals surface area contributed by atoms with Crippen molar-refractivity contribution in [3.8, 4) is 0 Å². The maximum atomic E-state index is 11.4. The van der Waals surface area contributed by atoms with Crippen LogP contribution in [-0.4, -0.2) is 49.2 Å². The maximum Gasteiger partial charge on any atom is 0.396 e. The number of carbonyl (C=O) groups is 2. The first kappa shape index (κ1) is 11.0. The number of rotatable bonds is 0. The third-order valence-electron chi connectivity index (χ3n) is 2.07. The highest BCUT2D eigenvalue weighted by Gasteiger charge is 2.29. The van der Waals surface area contributed by atoms with E-state index >= 15 is 0 Å². The highest BCUT2D eigenvalue weighted by Crippen LogP contribution is 2.10. The molecular weight excluding hydrogens is 186 g/mol. The predicted octanol–water partition coefficient (Wildman–Crippen LogP) is -0.205. The molecule has 1 aliphatic heterocycles. The monoisotopic (exact) mass is 201 g/mol. The van der Waals surface area contributed by atoms with Gasteiger partial charge in [0.25, 0.3) is 0 Å². The number of ether oxygens (including phenoxy) is 2. The van der Waals surface area contributed by atoms with Crippen molar-refractivity contribution < 1.29 is 19.1 Å². The van der Waals surface area contributed by atoms with E-state index in [4.69, 9.17) is 4.74 Å². The Morgan fingerprint density at radius 1 is 1.29 bits per heavy atom. The molecule has 2 atom stereocenters. The molecule has 0 spiro atoms. The van der Waals surface area contributed by atoms with E-state index in [0.717, 1.165) is 0 Å². The minimum Gasteiger partial charge on any atom is -0.462 e. The number of esters is 1. The molecule has 5 nitrogen and oxygen atoms in total. The average molecular weight is 201 g/mol. The van der Waals surface area contributed by atoms with Crippen molar-refractivity contribution in [1.82, 2.24) is 4.90 Å². The third kappa shape index (κ3) is 2.45. The normalized spacial score (nSPS) is 27.2. The molecule has 0 aromatic carbocycles. The lowest BCUT2D eigenvalue weighted by Gasteiger charge is -2.34. The third-order valence-corrected chi connectivity index (χ3v) is 2.07. The Morgan fingerprint density at radius 3 is 2.21 bits per heavy atom. The number of hydrogen-bond donors (Lipinski definition) is 0. The minimum absolute atomic E-state index is 0.0349. The van der Waals surface area contributed by atoms with E-state index in [9.17, 15) is 9.59 Å². The molecule has 1 fully saturated rings. The van der Waals surface area contributed by atoms with E-state index < -0.39 is 11.9 Å². The first-order chi connectivity index (χ1) is 6.54. The molecule has 1 rings (SSSR count). The van der Waals surface area contributed by atoms with Crippen LogP contribution in [0.2, 0.25) is 0 Å². The van der Waals surface area contributed by atoms with Crippen LogP contribution in [0.5, 0.6) is 0 Å². The van der Waals surface area contributed by atoms with Crippen molar-refractivity contribution >= 4 is 11.9 Å². The van der Waals surface area contributed by atoms with Crippen LogP contribution in [0.25, 0.3) is 0 Å². The Hall–Kier alpha value is -1.10. The fourth-order valence-electron chi connectivity index (χ4n) is 1.56. The SMILES string of the molecule is COC(=O)C(=O)N1CC(C)OC(C)C1. The van der Waals surface area contributed by atoms with Crippen LogP contribution >= 0.6 is 0 Å². The molecule has 0 aromatic rings. The van der Waals surface area contributed by atoms with E-state index in [1.165, 1.54) is 12.0 Å². The molecule has 80 valence electrons. The maximum absolute atomic E-state index is 11.4. The standard InChI is InChI=1S/C9H15NO4/c1-6-4-10(5-7(2)14-6)8(11)9(12)13-3/h6-7H,4-5H2,1-3H3. The van der Waals surface area contributed by atoms with Gasteiger partial charge in [0.1, 0.15) is 0 Å². The lowest BCUT2D eigenvalue weighted by atomic mass is 10.2. The number of methoxy groups -OCH3 is 1. The predicted molar refractivity (Wildman–Crippen MR) is 48.6 cm³/mol. The van der Waals surface area contributed by atoms with Gasteiger partial charge in [0.15, 0.2) is 0 Å². The van der Waals surface area contributed by atoms with Crippen LogP contribution in [0, 0.1) is 0 Å². The van der Waals surface area contributed by atoms with Crippen LogP contribution in [-0.2, 0) is 19.1 Å². The van der Waals surface area contributed by atoms with Gasteiger partial charge in [-0.1, -0.05) is 0 Å². The molecule has 0 bridgehead atoms. The van der Waals surface area contributed by atoms with E-state index in [1.54, 1.807) is 0 Å². The summed E-state index contributed by atoms with van der Waals surface area (Å²) < 4.78 is 9.80. The summed E-state index contributed by atoms with van der Waals surface area (Å²) in [5, 5.41) is 0. The quantitative estimate of drug-likeness (QED) is 0.402. The fourth-order valence-corrected chi connectivity index (χ4v) is 1.56. The van der Waals surface area contributed by atoms with E-state index in [1.807, 2.05) is 13.8 Å². The van der Waals surface area contributed by atoms with Gasteiger partial charge in [0, 0.05) is 13.1 Å². The smallest absolute Gasteiger partial charge is 0.396 e. The second-order valence-electron chi connectivity index (χ2n) is 3.46. The minimum atomic E-state index is -0.814. The summed E-state index contributed by atoms with van der Waals surface area (Å²) in [5.41, 5.74) is 0. The van der Waals surface area contributed by atoms with Crippen LogP contribution in [0.15, 0.2) is 0 Å². The molecule has 0 N–H and O–H groups in total. The number of nitrogens with zero attached hydrogens (tertiary/aromatic N) is 1. The van der Waals surface area contributed by atoms with Gasteiger partial charge in [-0.05, 0) is 13.8 Å². The van der Waals surface area contributed by atoms with Gasteiger partial charge in [-0.25, -0.2) is 4.79 Å². The van der Waals surface area contributed by atoms with Gasteiger partial charge in [0.2, 0.25) is 0 Å². The highest BCUT2D eigenvalue weighted by atomic mass is 16.5. The Kier molecular flexibility index (Phi) is 3.46. The lowest BCUT2D eigenvalue weighted by Crippen LogP contribution is -2.50. The van der Waals surface area contributed by atoms with Crippen molar-refractivity contribution in [2.45, 2.75) is 26.1 Å². The topological polar surface area (TPSA) is 55.8 Å². The molecule has 1 amide bonds. The summed E-state index contributed by atoms with van der Waals surface area (Å²) in [4.78, 5) is 23.8. The summed E-state index contributed by atoms with van der Waals surface area (Å²) in [6.07, 6.45) is -0.0697. The summed E-state index contributed by atoms with van der Waals surface area (Å²) in [6, 6.07) is 0. The van der Waals surface area contributed by atoms with Gasteiger partial charge in [-0.15, -0.1) is 0 Å². The number of morpholine rings is 1. The zero-order valence-electron chi connectivity index (χ0n) is 8.65. The summed E-state index contributed by atoms with van der Waals surface area (Å²) in [6.45, 7) is 4.62. The molecule has 14 heavy (non-hydrogen) atoms. The zero-order valence-corrected chi connectivity index (χ0v) is 8.65. The summed E-state index contributed by atoms with van der Waals surface area (Å²) >= 11 is 0. The molecule has 0 saturated carbocycles. The van der Waals surface area contributed by atoms with Gasteiger partial charge in [-0.2, -0.15) is 0 Å². The van der Waals surface area contributed by atoms with E-state index in [-0.39, 0.29) is 12.2 Å². The zero-order chi connectivity index (χ0) is 10.7. The first-order valence-electron chi connectivity index (χ1n) is 4.57. The molecule has 1 saturated heterocycles. The van der Waals surface area contributed by atoms with Crippen LogP contribution in [0.4, 0.5) is 0 Å². The Labute approximate surface area is 83.0 Å². The molecule has 2 unspecified atom stereocenters. The largest absolute Gasteiger partial charge is 0.462 e. The molecule has 1 aliphatic rings. The summed E-state index contributed by atoms with van der Waals surface area (Å²) in [7, 11) is 1.20. The molecular formula is C9H15NO4. The van der Waals surface area contributed by atoms with E-state index in [0.29, 0.717) is 13.1 Å². The van der Waals surface area contributed by atoms with Gasteiger partial charge in [-0.3, -0.25) is 4.79 Å². The Bertz CT molecular complexity index is 231.